The average molecular weight is 353 g/mol. The molecule has 0 aliphatic carbocycles. The van der Waals surface area contributed by atoms with Crippen LogP contribution in [0.4, 0.5) is 0 Å². The number of phenolic OH excluding ortho intramolecular Hbond substituents is 3. The minimum absolute atomic E-state index is 0.0100. The van der Waals surface area contributed by atoms with E-state index in [1.807, 2.05) is 0 Å². The largest absolute Gasteiger partial charge is 0.508 e. The molecular weight excluding hydrogens is 338 g/mol. The molecule has 3 rings (SSSR count). The van der Waals surface area contributed by atoms with E-state index in [-0.39, 0.29) is 28.6 Å². The lowest BCUT2D eigenvalue weighted by atomic mass is 10.1. The highest BCUT2D eigenvalue weighted by Crippen LogP contribution is 2.36. The molecular formula is C19H15NO6. The summed E-state index contributed by atoms with van der Waals surface area (Å²) >= 11 is 0. The van der Waals surface area contributed by atoms with Crippen LogP contribution in [-0.4, -0.2) is 26.3 Å². The molecule has 3 aromatic carbocycles. The highest BCUT2D eigenvalue weighted by molar-refractivity contribution is 6.01. The Morgan fingerprint density at radius 1 is 0.885 bits per heavy atom. The maximum absolute atomic E-state index is 12.4. The minimum Gasteiger partial charge on any atom is -0.508 e. The van der Waals surface area contributed by atoms with Crippen LogP contribution in [0.3, 0.4) is 0 Å². The van der Waals surface area contributed by atoms with Gasteiger partial charge in [-0.2, -0.15) is 0 Å². The maximum atomic E-state index is 12.4. The molecule has 1 amide bonds. The zero-order chi connectivity index (χ0) is 18.8. The van der Waals surface area contributed by atoms with Crippen molar-refractivity contribution in [3.05, 3.63) is 69.9 Å². The van der Waals surface area contributed by atoms with Gasteiger partial charge in [0.2, 0.25) is 5.43 Å². The lowest BCUT2D eigenvalue weighted by Crippen LogP contribution is -2.23. The van der Waals surface area contributed by atoms with Gasteiger partial charge in [-0.15, -0.1) is 0 Å². The molecule has 0 unspecified atom stereocenters. The fourth-order valence-electron chi connectivity index (χ4n) is 2.54. The zero-order valence-corrected chi connectivity index (χ0v) is 13.4. The van der Waals surface area contributed by atoms with Crippen LogP contribution in [-0.2, 0) is 6.54 Å². The van der Waals surface area contributed by atoms with E-state index < -0.39 is 28.6 Å². The van der Waals surface area contributed by atoms with E-state index in [0.29, 0.717) is 0 Å². The fourth-order valence-corrected chi connectivity index (χ4v) is 2.54. The van der Waals surface area contributed by atoms with Crippen molar-refractivity contribution in [1.82, 2.24) is 5.32 Å². The molecule has 0 bridgehead atoms. The van der Waals surface area contributed by atoms with Gasteiger partial charge in [0, 0.05) is 18.2 Å². The van der Waals surface area contributed by atoms with Crippen LogP contribution < -0.4 is 10.7 Å². The predicted octanol–water partition coefficient (Wildman–Crippen LogP) is 1.95. The van der Waals surface area contributed by atoms with E-state index in [1.54, 1.807) is 12.1 Å². The number of fused-ring (bicyclic) bond motifs is 1. The molecule has 0 heterocycles. The molecule has 0 fully saturated rings. The molecule has 0 aliphatic heterocycles. The molecule has 7 heteroatoms. The normalized spacial score (nSPS) is 10.6. The number of carbonyl (C=O) groups is 1. The van der Waals surface area contributed by atoms with Crippen molar-refractivity contribution < 1.29 is 25.2 Å². The first-order valence-electron chi connectivity index (χ1n) is 7.65. The third-order valence-corrected chi connectivity index (χ3v) is 3.91. The first-order valence-corrected chi connectivity index (χ1v) is 7.65. The topological polar surface area (TPSA) is 127 Å². The molecule has 0 radical (unpaired) electrons. The van der Waals surface area contributed by atoms with Gasteiger partial charge in [0.05, 0.1) is 5.39 Å². The lowest BCUT2D eigenvalue weighted by Gasteiger charge is -2.05. The SMILES string of the molecule is O=C(NCc1ccc(O)cc1)c1cc(=O)c(O)c2c(O)c(O)ccc2c1. The number of amides is 1. The van der Waals surface area contributed by atoms with Gasteiger partial charge in [0.15, 0.2) is 17.2 Å². The molecule has 5 N–H and O–H groups in total. The summed E-state index contributed by atoms with van der Waals surface area (Å²) in [5.41, 5.74) is -0.131. The summed E-state index contributed by atoms with van der Waals surface area (Å²) in [5.74, 6) is -2.33. The van der Waals surface area contributed by atoms with Crippen molar-refractivity contribution in [1.29, 1.82) is 0 Å². The molecule has 0 atom stereocenters. The van der Waals surface area contributed by atoms with Gasteiger partial charge in [0.25, 0.3) is 5.91 Å². The third-order valence-electron chi connectivity index (χ3n) is 3.91. The Morgan fingerprint density at radius 3 is 2.27 bits per heavy atom. The minimum atomic E-state index is -0.865. The van der Waals surface area contributed by atoms with Crippen LogP contribution in [0.1, 0.15) is 15.9 Å². The van der Waals surface area contributed by atoms with Crippen molar-refractivity contribution in [2.45, 2.75) is 6.54 Å². The fraction of sp³-hybridized carbons (Fsp3) is 0.0526. The number of phenols is 3. The van der Waals surface area contributed by atoms with Crippen LogP contribution in [0.15, 0.2) is 53.3 Å². The molecule has 7 nitrogen and oxygen atoms in total. The Hall–Kier alpha value is -3.74. The second kappa shape index (κ2) is 6.64. The van der Waals surface area contributed by atoms with E-state index in [4.69, 9.17) is 0 Å². The molecule has 132 valence electrons. The summed E-state index contributed by atoms with van der Waals surface area (Å²) in [6.45, 7) is 0.169. The van der Waals surface area contributed by atoms with E-state index in [0.717, 1.165) is 11.6 Å². The summed E-state index contributed by atoms with van der Waals surface area (Å²) < 4.78 is 0. The number of rotatable bonds is 3. The third kappa shape index (κ3) is 3.23. The first kappa shape index (κ1) is 17.1. The summed E-state index contributed by atoms with van der Waals surface area (Å²) in [7, 11) is 0. The van der Waals surface area contributed by atoms with Crippen LogP contribution in [0.2, 0.25) is 0 Å². The van der Waals surface area contributed by atoms with Gasteiger partial charge in [-0.1, -0.05) is 18.2 Å². The monoisotopic (exact) mass is 353 g/mol. The summed E-state index contributed by atoms with van der Waals surface area (Å²) in [6, 6.07) is 11.1. The van der Waals surface area contributed by atoms with Gasteiger partial charge in [0.1, 0.15) is 5.75 Å². The van der Waals surface area contributed by atoms with Crippen LogP contribution >= 0.6 is 0 Å². The molecule has 0 aromatic heterocycles. The van der Waals surface area contributed by atoms with Gasteiger partial charge < -0.3 is 25.7 Å². The quantitative estimate of drug-likeness (QED) is 0.458. The second-order valence-electron chi connectivity index (χ2n) is 5.70. The Balaban J connectivity index is 1.98. The van der Waals surface area contributed by atoms with E-state index in [9.17, 15) is 30.0 Å². The van der Waals surface area contributed by atoms with Crippen molar-refractivity contribution in [2.24, 2.45) is 0 Å². The lowest BCUT2D eigenvalue weighted by molar-refractivity contribution is 0.0951. The van der Waals surface area contributed by atoms with E-state index >= 15 is 0 Å². The Morgan fingerprint density at radius 2 is 1.58 bits per heavy atom. The van der Waals surface area contributed by atoms with Gasteiger partial charge in [-0.25, -0.2) is 0 Å². The van der Waals surface area contributed by atoms with Crippen molar-refractivity contribution in [2.75, 3.05) is 0 Å². The van der Waals surface area contributed by atoms with Crippen LogP contribution in [0.25, 0.3) is 10.8 Å². The highest BCUT2D eigenvalue weighted by Gasteiger charge is 2.15. The second-order valence-corrected chi connectivity index (χ2v) is 5.70. The van der Waals surface area contributed by atoms with Crippen molar-refractivity contribution in [3.8, 4) is 23.0 Å². The molecule has 3 aromatic rings. The number of hydrogen-bond donors (Lipinski definition) is 5. The number of carbonyl (C=O) groups excluding carboxylic acids is 1. The summed E-state index contributed by atoms with van der Waals surface area (Å²) in [5, 5.41) is 41.4. The van der Waals surface area contributed by atoms with Crippen LogP contribution in [0.5, 0.6) is 23.0 Å². The first-order chi connectivity index (χ1) is 12.4. The maximum Gasteiger partial charge on any atom is 0.251 e. The molecule has 0 saturated carbocycles. The van der Waals surface area contributed by atoms with E-state index in [2.05, 4.69) is 5.32 Å². The highest BCUT2D eigenvalue weighted by atomic mass is 16.3. The number of aromatic hydroxyl groups is 4. The van der Waals surface area contributed by atoms with Gasteiger partial charge in [-0.3, -0.25) is 9.59 Å². The summed E-state index contributed by atoms with van der Waals surface area (Å²) in [4.78, 5) is 24.5. The molecule has 0 aliphatic rings. The zero-order valence-electron chi connectivity index (χ0n) is 13.4. The molecule has 0 spiro atoms. The predicted molar refractivity (Wildman–Crippen MR) is 94.5 cm³/mol. The number of nitrogens with one attached hydrogen (secondary N) is 1. The van der Waals surface area contributed by atoms with E-state index in [1.165, 1.54) is 30.3 Å². The Kier molecular flexibility index (Phi) is 4.36. The smallest absolute Gasteiger partial charge is 0.251 e. The van der Waals surface area contributed by atoms with Crippen molar-refractivity contribution >= 4 is 16.7 Å². The molecule has 26 heavy (non-hydrogen) atoms. The van der Waals surface area contributed by atoms with Crippen molar-refractivity contribution in [3.63, 3.8) is 0 Å². The van der Waals surface area contributed by atoms with Gasteiger partial charge in [-0.05, 0) is 35.2 Å². The molecule has 0 saturated heterocycles. The Labute approximate surface area is 147 Å². The number of benzene rings is 2. The Bertz CT molecular complexity index is 1060. The van der Waals surface area contributed by atoms with Crippen LogP contribution in [0, 0.1) is 0 Å². The summed E-state index contributed by atoms with van der Waals surface area (Å²) in [6.07, 6.45) is 0. The standard InChI is InChI=1S/C19H15NO6/c21-13-4-1-10(2-5-13)9-20-19(26)12-7-11-3-6-14(22)17(24)16(11)18(25)15(23)8-12/h1-8,21-22,24H,9H2,(H,20,26)(H,23,25). The average Bonchev–Trinajstić information content (AvgIpc) is 2.75. The van der Waals surface area contributed by atoms with Gasteiger partial charge >= 0.3 is 0 Å². The number of hydrogen-bond acceptors (Lipinski definition) is 6.